The summed E-state index contributed by atoms with van der Waals surface area (Å²) in [5.74, 6) is -2.87. The summed E-state index contributed by atoms with van der Waals surface area (Å²) in [6.45, 7) is 2.66. The summed E-state index contributed by atoms with van der Waals surface area (Å²) in [5, 5.41) is 21.2. The number of nitriles is 2. The molecular formula is C60H48N6O10S2. The lowest BCUT2D eigenvalue weighted by Gasteiger charge is -2.45. The first-order chi connectivity index (χ1) is 37.8. The quantitative estimate of drug-likeness (QED) is 0.130. The van der Waals surface area contributed by atoms with Gasteiger partial charge in [0.2, 0.25) is 0 Å². The smallest absolute Gasteiger partial charge is 0.424 e. The molecule has 0 N–H and O–H groups in total. The van der Waals surface area contributed by atoms with Crippen molar-refractivity contribution in [1.29, 1.82) is 10.5 Å². The molecule has 2 aromatic carbocycles. The van der Waals surface area contributed by atoms with Crippen molar-refractivity contribution < 1.29 is 47.7 Å². The third-order valence-corrected chi connectivity index (χ3v) is 17.8. The Bertz CT molecular complexity index is 3440. The van der Waals surface area contributed by atoms with Crippen molar-refractivity contribution in [3.05, 3.63) is 172 Å². The summed E-state index contributed by atoms with van der Waals surface area (Å²) in [7, 11) is 0. The minimum absolute atomic E-state index is 0.0244. The molecule has 0 bridgehead atoms. The number of carbonyl (C=O) groups excluding carboxylic acids is 6. The van der Waals surface area contributed by atoms with Crippen LogP contribution in [0.2, 0.25) is 0 Å². The van der Waals surface area contributed by atoms with E-state index in [1.54, 1.807) is 60.7 Å². The Hall–Kier alpha value is -8.58. The Morgan fingerprint density at radius 2 is 0.987 bits per heavy atom. The van der Waals surface area contributed by atoms with E-state index in [9.17, 15) is 39.3 Å². The highest BCUT2D eigenvalue weighted by atomic mass is 32.1. The van der Waals surface area contributed by atoms with Gasteiger partial charge in [0.25, 0.3) is 23.6 Å². The maximum atomic E-state index is 14.2. The van der Waals surface area contributed by atoms with E-state index in [0.29, 0.717) is 68.1 Å². The number of allylic oxidation sites excluding steroid dienone is 6. The molecule has 78 heavy (non-hydrogen) atoms. The summed E-state index contributed by atoms with van der Waals surface area (Å²) in [4.78, 5) is 95.1. The van der Waals surface area contributed by atoms with Gasteiger partial charge in [0.1, 0.15) is 69.4 Å². The number of benzene rings is 2. The van der Waals surface area contributed by atoms with Crippen LogP contribution in [0.15, 0.2) is 130 Å². The van der Waals surface area contributed by atoms with Crippen LogP contribution >= 0.6 is 22.7 Å². The van der Waals surface area contributed by atoms with Gasteiger partial charge < -0.3 is 18.9 Å². The second-order valence-corrected chi connectivity index (χ2v) is 22.5. The van der Waals surface area contributed by atoms with Crippen molar-refractivity contribution >= 4 is 81.8 Å². The summed E-state index contributed by atoms with van der Waals surface area (Å²) >= 11 is 2.76. The Balaban J connectivity index is 0.888. The van der Waals surface area contributed by atoms with Crippen LogP contribution in [0.5, 0.6) is 0 Å². The van der Waals surface area contributed by atoms with Gasteiger partial charge in [0, 0.05) is 34.1 Å². The van der Waals surface area contributed by atoms with Crippen molar-refractivity contribution in [2.75, 3.05) is 0 Å². The number of amides is 6. The summed E-state index contributed by atoms with van der Waals surface area (Å²) in [6, 6.07) is 21.5. The van der Waals surface area contributed by atoms with E-state index in [0.717, 1.165) is 70.8 Å². The molecule has 2 aromatic heterocycles. The third-order valence-electron chi connectivity index (χ3n) is 15.7. The van der Waals surface area contributed by atoms with E-state index in [-0.39, 0.29) is 58.5 Å². The number of fused-ring (bicyclic) bond motifs is 9. The van der Waals surface area contributed by atoms with Gasteiger partial charge in [-0.1, -0.05) is 85.7 Å². The molecule has 8 aliphatic rings. The number of thiazole rings is 2. The van der Waals surface area contributed by atoms with Crippen molar-refractivity contribution in [2.45, 2.75) is 102 Å². The second kappa shape index (κ2) is 19.8. The molecule has 2 fully saturated rings. The molecule has 12 rings (SSSR count). The molecule has 2 atom stereocenters. The van der Waals surface area contributed by atoms with Gasteiger partial charge >= 0.3 is 12.2 Å². The van der Waals surface area contributed by atoms with E-state index in [4.69, 9.17) is 28.9 Å². The average Bonchev–Trinajstić information content (AvgIpc) is 4.29. The van der Waals surface area contributed by atoms with Crippen LogP contribution in [0.25, 0.3) is 23.3 Å². The van der Waals surface area contributed by atoms with Crippen molar-refractivity contribution in [3.8, 4) is 12.1 Å². The number of aromatic nitrogens is 2. The Morgan fingerprint density at radius 1 is 0.603 bits per heavy atom. The summed E-state index contributed by atoms with van der Waals surface area (Å²) in [5.41, 5.74) is 2.52. The highest BCUT2D eigenvalue weighted by Gasteiger charge is 2.51. The molecule has 4 aromatic rings. The normalized spacial score (nSPS) is 22.9. The Morgan fingerprint density at radius 3 is 1.36 bits per heavy atom. The highest BCUT2D eigenvalue weighted by molar-refractivity contribution is 7.14. The number of ether oxygens (including phenoxy) is 4. The van der Waals surface area contributed by atoms with E-state index >= 15 is 0 Å². The monoisotopic (exact) mass is 1080 g/mol. The van der Waals surface area contributed by atoms with E-state index in [1.807, 2.05) is 24.3 Å². The summed E-state index contributed by atoms with van der Waals surface area (Å²) in [6.07, 6.45) is 17.9. The molecule has 390 valence electrons. The molecule has 2 saturated carbocycles. The molecule has 18 heteroatoms. The maximum absolute atomic E-state index is 14.2. The highest BCUT2D eigenvalue weighted by Crippen LogP contribution is 2.58. The Kier molecular flexibility index (Phi) is 12.7. The van der Waals surface area contributed by atoms with E-state index in [1.165, 1.54) is 36.5 Å². The van der Waals surface area contributed by atoms with Crippen LogP contribution in [0.4, 0.5) is 9.59 Å². The molecule has 6 heterocycles. The van der Waals surface area contributed by atoms with Gasteiger partial charge in [0.15, 0.2) is 11.2 Å². The van der Waals surface area contributed by atoms with E-state index < -0.39 is 47.0 Å². The van der Waals surface area contributed by atoms with Gasteiger partial charge in [-0.3, -0.25) is 19.2 Å². The minimum Gasteiger partial charge on any atom is -0.481 e. The molecule has 16 nitrogen and oxygen atoms in total. The zero-order valence-electron chi connectivity index (χ0n) is 42.5. The first-order valence-electron chi connectivity index (χ1n) is 25.9. The largest absolute Gasteiger partial charge is 0.481 e. The fraction of sp³-hybridized carbons (Fsp3) is 0.300. The lowest BCUT2D eigenvalue weighted by molar-refractivity contribution is -0.140. The van der Waals surface area contributed by atoms with Gasteiger partial charge in [0.05, 0.1) is 9.75 Å². The number of nitrogens with zero attached hydrogens (tertiary/aromatic N) is 6. The molecular weight excluding hydrogens is 1030 g/mol. The van der Waals surface area contributed by atoms with Crippen LogP contribution < -0.4 is 0 Å². The van der Waals surface area contributed by atoms with Crippen LogP contribution in [-0.4, -0.2) is 55.6 Å². The predicted molar refractivity (Wildman–Crippen MR) is 285 cm³/mol. The molecule has 2 unspecified atom stereocenters. The molecule has 0 saturated heterocycles. The SMILES string of the molecule is CC1=C(C#N)C(=O)N(C(=O)OCc2ccccc2)C(=O)/C1=C\c1nc2c(s1)C1=CC3C=C4OC5(CCCCC5)c5nc(/C=C6/C(=O)N(C(=O)OCc7ccccc7)C(=O)C(C#N)=C6C)sc5C4=CC3C=C1OC21CCCCC1. The first-order valence-corrected chi connectivity index (χ1v) is 27.6. The van der Waals surface area contributed by atoms with Crippen molar-refractivity contribution in [1.82, 2.24) is 19.8 Å². The molecule has 0 radical (unpaired) electrons. The zero-order valence-corrected chi connectivity index (χ0v) is 44.1. The number of hydrogen-bond donors (Lipinski definition) is 0. The van der Waals surface area contributed by atoms with Crippen LogP contribution in [-0.2, 0) is 62.5 Å². The zero-order chi connectivity index (χ0) is 54.0. The maximum Gasteiger partial charge on any atom is 0.424 e. The van der Waals surface area contributed by atoms with Gasteiger partial charge in [-0.2, -0.15) is 20.3 Å². The third kappa shape index (κ3) is 8.47. The molecule has 6 amide bonds. The lowest BCUT2D eigenvalue weighted by atomic mass is 9.73. The predicted octanol–water partition coefficient (Wildman–Crippen LogP) is 11.3. The molecule has 4 aliphatic heterocycles. The fourth-order valence-electron chi connectivity index (χ4n) is 11.7. The number of carbonyl (C=O) groups is 6. The van der Waals surface area contributed by atoms with E-state index in [2.05, 4.69) is 24.3 Å². The standard InChI is InChI=1S/C60H48N6O10S2/c1-33-39(53(67)65(55(69)43(33)29-61)57(71)73-31-35-15-7-3-8-16-35)27-47-63-51-49(77-47)41-23-37-26-46-42(24-38(37)25-45(41)75-59(51)19-11-5-12-20-59)50-52(60(76-46)21-13-6-14-22-60)64-48(78-50)28-40-34(2)44(30-62)56(70)66(54(40)68)58(72)74-32-36-17-9-4-10-18-36/h3-4,7-10,15-18,23-28,37-38H,5-6,11-14,19-22,31-32H2,1-2H3/b39-27-,40-28+. The van der Waals surface area contributed by atoms with Gasteiger partial charge in [-0.25, -0.2) is 19.6 Å². The number of rotatable bonds is 6. The topological polar surface area (TPSA) is 219 Å². The lowest BCUT2D eigenvalue weighted by Crippen LogP contribution is -2.46. The molecule has 2 spiro atoms. The van der Waals surface area contributed by atoms with Crippen molar-refractivity contribution in [3.63, 3.8) is 0 Å². The van der Waals surface area contributed by atoms with Crippen LogP contribution in [0.3, 0.4) is 0 Å². The first kappa shape index (κ1) is 50.2. The van der Waals surface area contributed by atoms with Crippen molar-refractivity contribution in [2.24, 2.45) is 11.8 Å². The summed E-state index contributed by atoms with van der Waals surface area (Å²) < 4.78 is 25.1. The Labute approximate surface area is 456 Å². The van der Waals surface area contributed by atoms with Crippen LogP contribution in [0, 0.1) is 34.5 Å². The minimum atomic E-state index is -1.19. The van der Waals surface area contributed by atoms with Crippen LogP contribution in [0.1, 0.15) is 120 Å². The van der Waals surface area contributed by atoms with Gasteiger partial charge in [-0.15, -0.1) is 22.7 Å². The second-order valence-electron chi connectivity index (χ2n) is 20.5. The number of imide groups is 6. The fourth-order valence-corrected chi connectivity index (χ4v) is 14.0. The molecule has 4 aliphatic carbocycles. The average molecular weight is 1080 g/mol. The van der Waals surface area contributed by atoms with Gasteiger partial charge in [-0.05, 0) is 112 Å². The number of hydrogen-bond acceptors (Lipinski definition) is 16.